The number of carbonyl (C=O) groups excluding carboxylic acids is 1. The largest absolute Gasteiger partial charge is 0.494 e. The lowest BCUT2D eigenvalue weighted by Crippen LogP contribution is -2.17. The summed E-state index contributed by atoms with van der Waals surface area (Å²) >= 11 is 0. The van der Waals surface area contributed by atoms with Crippen molar-refractivity contribution in [1.82, 2.24) is 4.57 Å². The van der Waals surface area contributed by atoms with Crippen molar-refractivity contribution in [3.8, 4) is 23.1 Å². The van der Waals surface area contributed by atoms with Crippen LogP contribution in [-0.2, 0) is 11.3 Å². The number of benzene rings is 2. The number of rotatable bonds is 6. The number of carbonyl (C=O) groups is 1. The fourth-order valence-electron chi connectivity index (χ4n) is 3.40. The van der Waals surface area contributed by atoms with Gasteiger partial charge in [0.25, 0.3) is 0 Å². The Kier molecular flexibility index (Phi) is 6.08. The van der Waals surface area contributed by atoms with E-state index in [1.165, 1.54) is 0 Å². The molecule has 0 aliphatic carbocycles. The Morgan fingerprint density at radius 2 is 1.90 bits per heavy atom. The van der Waals surface area contributed by atoms with Gasteiger partial charge in [-0.1, -0.05) is 12.1 Å². The van der Waals surface area contributed by atoms with Crippen molar-refractivity contribution in [2.24, 2.45) is 0 Å². The minimum atomic E-state index is -0.489. The highest BCUT2D eigenvalue weighted by Crippen LogP contribution is 2.35. The molecule has 1 aromatic heterocycles. The van der Waals surface area contributed by atoms with E-state index in [1.54, 1.807) is 26.0 Å². The summed E-state index contributed by atoms with van der Waals surface area (Å²) in [6.45, 7) is 8.88. The molecule has 0 fully saturated rings. The quantitative estimate of drug-likeness (QED) is 0.597. The Hall–Kier alpha value is -3.46. The third-order valence-electron chi connectivity index (χ3n) is 4.52. The summed E-state index contributed by atoms with van der Waals surface area (Å²) in [5.41, 5.74) is 4.00. The molecule has 1 N–H and O–H groups in total. The second kappa shape index (κ2) is 8.70. The van der Waals surface area contributed by atoms with Gasteiger partial charge in [-0.05, 0) is 63.6 Å². The molecule has 150 valence electrons. The van der Waals surface area contributed by atoms with Crippen LogP contribution >= 0.6 is 0 Å². The van der Waals surface area contributed by atoms with Gasteiger partial charge in [-0.2, -0.15) is 5.26 Å². The Balaban J connectivity index is 2.02. The Morgan fingerprint density at radius 1 is 1.17 bits per heavy atom. The molecule has 3 aromatic rings. The standard InChI is InChI=1S/C23H25N3O3/c1-5-26-21-12-11-18(28-6-2)13-19(21)20(14-24)22(26)16-7-9-17(10-8-16)25-23(27)29-15(3)4/h7-13,15H,5-6H2,1-4H3,(H,25,27). The Labute approximate surface area is 170 Å². The molecule has 0 saturated heterocycles. The third-order valence-corrected chi connectivity index (χ3v) is 4.52. The van der Waals surface area contributed by atoms with Crippen molar-refractivity contribution in [3.63, 3.8) is 0 Å². The second-order valence-corrected chi connectivity index (χ2v) is 6.85. The van der Waals surface area contributed by atoms with E-state index in [9.17, 15) is 10.1 Å². The predicted molar refractivity (Wildman–Crippen MR) is 114 cm³/mol. The first kappa shape index (κ1) is 20.3. The zero-order valence-electron chi connectivity index (χ0n) is 17.2. The predicted octanol–water partition coefficient (Wildman–Crippen LogP) is 5.56. The van der Waals surface area contributed by atoms with Crippen LogP contribution in [0.15, 0.2) is 42.5 Å². The molecule has 6 nitrogen and oxygen atoms in total. The highest BCUT2D eigenvalue weighted by Gasteiger charge is 2.18. The molecule has 0 spiro atoms. The average molecular weight is 391 g/mol. The number of hydrogen-bond acceptors (Lipinski definition) is 4. The molecular formula is C23H25N3O3. The molecular weight excluding hydrogens is 366 g/mol. The average Bonchev–Trinajstić information content (AvgIpc) is 3.01. The molecule has 0 aliphatic heterocycles. The van der Waals surface area contributed by atoms with Crippen LogP contribution in [0, 0.1) is 11.3 Å². The molecule has 1 heterocycles. The number of nitriles is 1. The lowest BCUT2D eigenvalue weighted by molar-refractivity contribution is 0.130. The first-order valence-electron chi connectivity index (χ1n) is 9.75. The number of ether oxygens (including phenoxy) is 2. The molecule has 1 amide bonds. The summed E-state index contributed by atoms with van der Waals surface area (Å²) in [6, 6.07) is 15.6. The van der Waals surface area contributed by atoms with Crippen LogP contribution in [-0.4, -0.2) is 23.4 Å². The van der Waals surface area contributed by atoms with E-state index >= 15 is 0 Å². The van der Waals surface area contributed by atoms with E-state index < -0.39 is 6.09 Å². The third kappa shape index (κ3) is 4.19. The van der Waals surface area contributed by atoms with Crippen molar-refractivity contribution in [2.45, 2.75) is 40.3 Å². The monoisotopic (exact) mass is 391 g/mol. The van der Waals surface area contributed by atoms with E-state index in [0.717, 1.165) is 34.5 Å². The number of aryl methyl sites for hydroxylation is 1. The number of aromatic nitrogens is 1. The van der Waals surface area contributed by atoms with Crippen LogP contribution in [0.25, 0.3) is 22.2 Å². The highest BCUT2D eigenvalue weighted by atomic mass is 16.6. The molecule has 2 aromatic carbocycles. The number of amides is 1. The second-order valence-electron chi connectivity index (χ2n) is 6.85. The topological polar surface area (TPSA) is 76.3 Å². The van der Waals surface area contributed by atoms with Gasteiger partial charge in [-0.25, -0.2) is 4.79 Å². The number of anilines is 1. The van der Waals surface area contributed by atoms with Crippen LogP contribution in [0.3, 0.4) is 0 Å². The maximum Gasteiger partial charge on any atom is 0.411 e. The van der Waals surface area contributed by atoms with Gasteiger partial charge >= 0.3 is 6.09 Å². The number of fused-ring (bicyclic) bond motifs is 1. The van der Waals surface area contributed by atoms with E-state index in [2.05, 4.69) is 22.9 Å². The number of nitrogens with zero attached hydrogens (tertiary/aromatic N) is 2. The Morgan fingerprint density at radius 3 is 2.48 bits per heavy atom. The van der Waals surface area contributed by atoms with E-state index in [4.69, 9.17) is 9.47 Å². The van der Waals surface area contributed by atoms with Gasteiger partial charge in [-0.15, -0.1) is 0 Å². The van der Waals surface area contributed by atoms with Gasteiger partial charge in [0.15, 0.2) is 0 Å². The highest BCUT2D eigenvalue weighted by molar-refractivity contribution is 5.95. The van der Waals surface area contributed by atoms with Gasteiger partial charge in [0.05, 0.1) is 29.5 Å². The number of nitrogens with one attached hydrogen (secondary N) is 1. The van der Waals surface area contributed by atoms with Gasteiger partial charge in [0.1, 0.15) is 11.8 Å². The van der Waals surface area contributed by atoms with Gasteiger partial charge in [0, 0.05) is 17.6 Å². The van der Waals surface area contributed by atoms with Crippen LogP contribution in [0.5, 0.6) is 5.75 Å². The van der Waals surface area contributed by atoms with E-state index in [0.29, 0.717) is 17.9 Å². The summed E-state index contributed by atoms with van der Waals surface area (Å²) in [4.78, 5) is 11.8. The van der Waals surface area contributed by atoms with Crippen molar-refractivity contribution in [2.75, 3.05) is 11.9 Å². The smallest absolute Gasteiger partial charge is 0.411 e. The summed E-state index contributed by atoms with van der Waals surface area (Å²) in [5, 5.41) is 13.5. The molecule has 0 radical (unpaired) electrons. The fourth-order valence-corrected chi connectivity index (χ4v) is 3.40. The fraction of sp³-hybridized carbons (Fsp3) is 0.304. The molecule has 0 bridgehead atoms. The number of hydrogen-bond donors (Lipinski definition) is 1. The maximum absolute atomic E-state index is 11.8. The lowest BCUT2D eigenvalue weighted by atomic mass is 10.1. The van der Waals surface area contributed by atoms with Gasteiger partial charge in [0.2, 0.25) is 0 Å². The molecule has 0 atom stereocenters. The summed E-state index contributed by atoms with van der Waals surface area (Å²) in [7, 11) is 0. The van der Waals surface area contributed by atoms with E-state index in [-0.39, 0.29) is 6.10 Å². The molecule has 0 saturated carbocycles. The molecule has 3 rings (SSSR count). The van der Waals surface area contributed by atoms with Crippen molar-refractivity contribution >= 4 is 22.7 Å². The van der Waals surface area contributed by atoms with Crippen LogP contribution in [0.4, 0.5) is 10.5 Å². The first-order chi connectivity index (χ1) is 14.0. The van der Waals surface area contributed by atoms with E-state index in [1.807, 2.05) is 37.3 Å². The lowest BCUT2D eigenvalue weighted by Gasteiger charge is -2.11. The summed E-state index contributed by atoms with van der Waals surface area (Å²) in [6.07, 6.45) is -0.675. The van der Waals surface area contributed by atoms with Crippen molar-refractivity contribution < 1.29 is 14.3 Å². The van der Waals surface area contributed by atoms with Crippen LogP contribution in [0.1, 0.15) is 33.3 Å². The summed E-state index contributed by atoms with van der Waals surface area (Å²) in [5.74, 6) is 0.750. The summed E-state index contributed by atoms with van der Waals surface area (Å²) < 4.78 is 12.8. The van der Waals surface area contributed by atoms with Gasteiger partial charge in [-0.3, -0.25) is 5.32 Å². The van der Waals surface area contributed by atoms with Crippen LogP contribution < -0.4 is 10.1 Å². The van der Waals surface area contributed by atoms with Crippen molar-refractivity contribution in [3.05, 3.63) is 48.0 Å². The normalized spacial score (nSPS) is 10.8. The molecule has 0 unspecified atom stereocenters. The van der Waals surface area contributed by atoms with Crippen molar-refractivity contribution in [1.29, 1.82) is 5.26 Å². The molecule has 0 aliphatic rings. The minimum absolute atomic E-state index is 0.186. The molecule has 29 heavy (non-hydrogen) atoms. The molecule has 6 heteroatoms. The first-order valence-corrected chi connectivity index (χ1v) is 9.75. The zero-order chi connectivity index (χ0) is 21.0. The maximum atomic E-state index is 11.8. The Bertz CT molecular complexity index is 1060. The van der Waals surface area contributed by atoms with Crippen LogP contribution in [0.2, 0.25) is 0 Å². The van der Waals surface area contributed by atoms with Gasteiger partial charge < -0.3 is 14.0 Å². The zero-order valence-corrected chi connectivity index (χ0v) is 17.2. The SMILES string of the molecule is CCOc1ccc2c(c1)c(C#N)c(-c1ccc(NC(=O)OC(C)C)cc1)n2CC. The minimum Gasteiger partial charge on any atom is -0.494 e.